The number of aromatic nitrogens is 3. The van der Waals surface area contributed by atoms with E-state index in [9.17, 15) is 4.79 Å². The predicted octanol–water partition coefficient (Wildman–Crippen LogP) is 4.30. The topological polar surface area (TPSA) is 83.8 Å². The lowest BCUT2D eigenvalue weighted by atomic mass is 10.0. The lowest BCUT2D eigenvalue weighted by Gasteiger charge is -2.07. The van der Waals surface area contributed by atoms with Crippen molar-refractivity contribution in [3.05, 3.63) is 84.2 Å². The molecule has 0 unspecified atom stereocenters. The summed E-state index contributed by atoms with van der Waals surface area (Å²) >= 11 is 0. The number of benzene rings is 3. The van der Waals surface area contributed by atoms with E-state index in [0.29, 0.717) is 12.3 Å². The van der Waals surface area contributed by atoms with Gasteiger partial charge in [-0.05, 0) is 34.5 Å². The first-order valence-corrected chi connectivity index (χ1v) is 8.93. The average Bonchev–Trinajstić information content (AvgIpc) is 3.41. The molecule has 136 valence electrons. The summed E-state index contributed by atoms with van der Waals surface area (Å²) in [6.45, 7) is 0.420. The molecule has 28 heavy (non-hydrogen) atoms. The largest absolute Gasteiger partial charge is 0.355 e. The molecule has 0 aliphatic heterocycles. The van der Waals surface area contributed by atoms with E-state index >= 15 is 0 Å². The maximum atomic E-state index is 12.5. The molecule has 0 radical (unpaired) electrons. The van der Waals surface area contributed by atoms with Gasteiger partial charge < -0.3 is 9.84 Å². The first kappa shape index (κ1) is 16.3. The van der Waals surface area contributed by atoms with Crippen LogP contribution in [0.4, 0.5) is 0 Å². The van der Waals surface area contributed by atoms with E-state index < -0.39 is 0 Å². The second-order valence-corrected chi connectivity index (χ2v) is 6.57. The number of nitrogens with one attached hydrogen (secondary N) is 2. The molecule has 3 aromatic carbocycles. The van der Waals surface area contributed by atoms with Crippen LogP contribution in [-0.2, 0) is 6.54 Å². The van der Waals surface area contributed by atoms with E-state index in [2.05, 4.69) is 38.9 Å². The van der Waals surface area contributed by atoms with Crippen molar-refractivity contribution < 1.29 is 9.32 Å². The van der Waals surface area contributed by atoms with Gasteiger partial charge in [-0.1, -0.05) is 47.6 Å². The zero-order valence-electron chi connectivity index (χ0n) is 14.8. The van der Waals surface area contributed by atoms with Gasteiger partial charge in [-0.25, -0.2) is 0 Å². The molecule has 6 heteroatoms. The van der Waals surface area contributed by atoms with Crippen LogP contribution in [-0.4, -0.2) is 21.3 Å². The van der Waals surface area contributed by atoms with Gasteiger partial charge in [-0.3, -0.25) is 9.89 Å². The Morgan fingerprint density at radius 2 is 1.89 bits per heavy atom. The molecule has 2 heterocycles. The Hall–Kier alpha value is -3.93. The molecule has 0 aliphatic rings. The maximum absolute atomic E-state index is 12.5. The molecule has 0 fully saturated rings. The number of carbonyl (C=O) groups excluding carboxylic acids is 1. The second kappa shape index (κ2) is 6.66. The number of carbonyl (C=O) groups is 1. The van der Waals surface area contributed by atoms with Crippen molar-refractivity contribution in [2.24, 2.45) is 0 Å². The summed E-state index contributed by atoms with van der Waals surface area (Å²) in [4.78, 5) is 12.5. The molecule has 0 atom stereocenters. The van der Waals surface area contributed by atoms with Gasteiger partial charge in [0.25, 0.3) is 5.91 Å². The molecule has 2 aromatic heterocycles. The molecular formula is C22H16N4O2. The highest BCUT2D eigenvalue weighted by molar-refractivity contribution is 5.94. The monoisotopic (exact) mass is 368 g/mol. The molecule has 0 saturated carbocycles. The van der Waals surface area contributed by atoms with Crippen LogP contribution in [0.3, 0.4) is 0 Å². The Morgan fingerprint density at radius 1 is 1.00 bits per heavy atom. The highest BCUT2D eigenvalue weighted by Crippen LogP contribution is 2.24. The van der Waals surface area contributed by atoms with Crippen LogP contribution in [0, 0.1) is 0 Å². The fraction of sp³-hybridized carbons (Fsp3) is 0.0455. The van der Waals surface area contributed by atoms with Gasteiger partial charge in [-0.15, -0.1) is 0 Å². The number of rotatable bonds is 4. The minimum absolute atomic E-state index is 0.252. The number of aromatic amines is 1. The predicted molar refractivity (Wildman–Crippen MR) is 107 cm³/mol. The Kier molecular flexibility index (Phi) is 3.87. The van der Waals surface area contributed by atoms with Gasteiger partial charge in [0.1, 0.15) is 0 Å². The van der Waals surface area contributed by atoms with E-state index in [1.165, 1.54) is 0 Å². The van der Waals surface area contributed by atoms with Crippen LogP contribution < -0.4 is 5.32 Å². The van der Waals surface area contributed by atoms with Crippen molar-refractivity contribution in [2.45, 2.75) is 6.54 Å². The molecule has 0 bridgehead atoms. The Morgan fingerprint density at radius 3 is 2.86 bits per heavy atom. The molecular weight excluding hydrogens is 352 g/mol. The summed E-state index contributed by atoms with van der Waals surface area (Å²) in [5.41, 5.74) is 3.09. The zero-order valence-corrected chi connectivity index (χ0v) is 14.8. The first-order valence-electron chi connectivity index (χ1n) is 8.93. The third-order valence-corrected chi connectivity index (χ3v) is 4.79. The van der Waals surface area contributed by atoms with Crippen LogP contribution in [0.1, 0.15) is 16.1 Å². The third kappa shape index (κ3) is 2.91. The van der Waals surface area contributed by atoms with Gasteiger partial charge in [0.2, 0.25) is 0 Å². The van der Waals surface area contributed by atoms with E-state index in [0.717, 1.165) is 32.8 Å². The lowest BCUT2D eigenvalue weighted by molar-refractivity contribution is 0.0942. The normalized spacial score (nSPS) is 11.1. The molecule has 0 aliphatic carbocycles. The van der Waals surface area contributed by atoms with Crippen LogP contribution >= 0.6 is 0 Å². The minimum atomic E-state index is -0.271. The number of amides is 1. The molecule has 2 N–H and O–H groups in total. The van der Waals surface area contributed by atoms with Gasteiger partial charge >= 0.3 is 0 Å². The molecule has 5 rings (SSSR count). The van der Waals surface area contributed by atoms with Crippen molar-refractivity contribution in [2.75, 3.05) is 0 Å². The van der Waals surface area contributed by atoms with Crippen molar-refractivity contribution in [1.29, 1.82) is 0 Å². The number of H-pyrrole nitrogens is 1. The van der Waals surface area contributed by atoms with Crippen molar-refractivity contribution in [3.63, 3.8) is 0 Å². The van der Waals surface area contributed by atoms with E-state index in [-0.39, 0.29) is 11.6 Å². The van der Waals surface area contributed by atoms with Crippen molar-refractivity contribution in [3.8, 4) is 11.3 Å². The Labute approximate surface area is 160 Å². The minimum Gasteiger partial charge on any atom is -0.355 e. The van der Waals surface area contributed by atoms with Gasteiger partial charge in [0.15, 0.2) is 11.5 Å². The van der Waals surface area contributed by atoms with Crippen LogP contribution in [0.2, 0.25) is 0 Å². The SMILES string of the molecule is O=C(NCc1cccc2ccccc12)c1cc(-c2ccc3[nH]ncc3c2)on1. The van der Waals surface area contributed by atoms with Crippen LogP contribution in [0.25, 0.3) is 33.0 Å². The highest BCUT2D eigenvalue weighted by Gasteiger charge is 2.14. The smallest absolute Gasteiger partial charge is 0.273 e. The summed E-state index contributed by atoms with van der Waals surface area (Å²) in [7, 11) is 0. The van der Waals surface area contributed by atoms with Crippen LogP contribution in [0.15, 0.2) is 77.4 Å². The molecule has 6 nitrogen and oxygen atoms in total. The van der Waals surface area contributed by atoms with Crippen molar-refractivity contribution in [1.82, 2.24) is 20.7 Å². The quantitative estimate of drug-likeness (QED) is 0.495. The number of hydrogen-bond acceptors (Lipinski definition) is 4. The maximum Gasteiger partial charge on any atom is 0.273 e. The molecule has 5 aromatic rings. The summed E-state index contributed by atoms with van der Waals surface area (Å²) in [6, 6.07) is 21.6. The summed E-state index contributed by atoms with van der Waals surface area (Å²) < 4.78 is 5.38. The lowest BCUT2D eigenvalue weighted by Crippen LogP contribution is -2.23. The Bertz CT molecular complexity index is 1300. The van der Waals surface area contributed by atoms with Crippen molar-refractivity contribution >= 4 is 27.6 Å². The van der Waals surface area contributed by atoms with Crippen LogP contribution in [0.5, 0.6) is 0 Å². The molecule has 0 spiro atoms. The average molecular weight is 368 g/mol. The molecule has 0 saturated heterocycles. The fourth-order valence-electron chi connectivity index (χ4n) is 3.33. The number of hydrogen-bond donors (Lipinski definition) is 2. The van der Waals surface area contributed by atoms with Gasteiger partial charge in [0.05, 0.1) is 11.7 Å². The fourth-order valence-corrected chi connectivity index (χ4v) is 3.33. The number of nitrogens with zero attached hydrogens (tertiary/aromatic N) is 2. The first-order chi connectivity index (χ1) is 13.8. The second-order valence-electron chi connectivity index (χ2n) is 6.57. The van der Waals surface area contributed by atoms with Gasteiger partial charge in [0, 0.05) is 23.6 Å². The third-order valence-electron chi connectivity index (χ3n) is 4.79. The van der Waals surface area contributed by atoms with E-state index in [4.69, 9.17) is 4.52 Å². The highest BCUT2D eigenvalue weighted by atomic mass is 16.5. The number of fused-ring (bicyclic) bond motifs is 2. The molecule has 1 amide bonds. The Balaban J connectivity index is 1.34. The zero-order chi connectivity index (χ0) is 18.9. The van der Waals surface area contributed by atoms with Gasteiger partial charge in [-0.2, -0.15) is 5.10 Å². The summed E-state index contributed by atoms with van der Waals surface area (Å²) in [6.07, 6.45) is 1.74. The van der Waals surface area contributed by atoms with E-state index in [1.54, 1.807) is 12.3 Å². The van der Waals surface area contributed by atoms with E-state index in [1.807, 2.05) is 42.5 Å². The standard InChI is InChI=1S/C22H16N4O2/c27-22(23-12-16-6-3-5-14-4-1-2-7-18(14)16)20-11-21(28-26-20)15-8-9-19-17(10-15)13-24-25-19/h1-11,13H,12H2,(H,23,27)(H,24,25). The summed E-state index contributed by atoms with van der Waals surface area (Å²) in [5, 5.41) is 17.0. The summed E-state index contributed by atoms with van der Waals surface area (Å²) in [5.74, 6) is 0.269.